The van der Waals surface area contributed by atoms with Gasteiger partial charge >= 0.3 is 0 Å². The number of amides is 2. The second-order valence-electron chi connectivity index (χ2n) is 4.14. The Kier molecular flexibility index (Phi) is 5.61. The Labute approximate surface area is 115 Å². The monoisotopic (exact) mass is 287 g/mol. The van der Waals surface area contributed by atoms with E-state index < -0.39 is 0 Å². The summed E-state index contributed by atoms with van der Waals surface area (Å²) in [5.41, 5.74) is 5.96. The fraction of sp³-hybridized carbons (Fsp3) is 0.545. The number of nitrogens with two attached hydrogens (primary N) is 1. The van der Waals surface area contributed by atoms with Gasteiger partial charge in [-0.15, -0.1) is 11.3 Å². The van der Waals surface area contributed by atoms with Gasteiger partial charge in [-0.3, -0.25) is 9.59 Å². The Bertz CT molecular complexity index is 443. The van der Waals surface area contributed by atoms with Crippen molar-refractivity contribution in [3.05, 3.63) is 10.6 Å². The first-order valence-electron chi connectivity index (χ1n) is 5.55. The number of aryl methyl sites for hydroxylation is 1. The van der Waals surface area contributed by atoms with E-state index in [-0.39, 0.29) is 24.3 Å². The summed E-state index contributed by atoms with van der Waals surface area (Å²) in [6.45, 7) is 5.68. The van der Waals surface area contributed by atoms with Gasteiger partial charge in [0, 0.05) is 10.9 Å². The van der Waals surface area contributed by atoms with Crippen LogP contribution < -0.4 is 11.1 Å². The number of hydrogen-bond donors (Lipinski definition) is 2. The first kappa shape index (κ1) is 15.0. The predicted octanol–water partition coefficient (Wildman–Crippen LogP) is 1.10. The van der Waals surface area contributed by atoms with Crippen molar-refractivity contribution in [2.75, 3.05) is 5.75 Å². The van der Waals surface area contributed by atoms with Crippen LogP contribution in [0.15, 0.2) is 4.34 Å². The van der Waals surface area contributed by atoms with Crippen molar-refractivity contribution < 1.29 is 9.59 Å². The number of rotatable bonds is 6. The van der Waals surface area contributed by atoms with E-state index in [0.717, 1.165) is 14.9 Å². The molecule has 0 radical (unpaired) electrons. The van der Waals surface area contributed by atoms with E-state index in [0.29, 0.717) is 5.75 Å². The van der Waals surface area contributed by atoms with Crippen molar-refractivity contribution in [2.45, 2.75) is 37.6 Å². The van der Waals surface area contributed by atoms with Crippen molar-refractivity contribution >= 4 is 34.9 Å². The van der Waals surface area contributed by atoms with Crippen LogP contribution in [0.2, 0.25) is 0 Å². The Balaban J connectivity index is 2.53. The number of nitrogens with zero attached hydrogens (tertiary/aromatic N) is 1. The summed E-state index contributed by atoms with van der Waals surface area (Å²) in [5, 5.41) is 2.81. The Morgan fingerprint density at radius 1 is 1.50 bits per heavy atom. The van der Waals surface area contributed by atoms with Crippen LogP contribution in [0.4, 0.5) is 0 Å². The minimum absolute atomic E-state index is 0.0145. The lowest BCUT2D eigenvalue weighted by Crippen LogP contribution is -2.31. The molecule has 1 rings (SSSR count). The molecule has 0 saturated heterocycles. The number of carbonyl (C=O) groups excluding carboxylic acids is 2. The number of aromatic nitrogens is 1. The molecular weight excluding hydrogens is 270 g/mol. The number of thiazole rings is 1. The SMILES string of the molecule is Cc1nc(SCC(=O)NC(C)C)sc1CC(N)=O. The summed E-state index contributed by atoms with van der Waals surface area (Å²) in [6, 6.07) is 0.140. The summed E-state index contributed by atoms with van der Waals surface area (Å²) >= 11 is 2.80. The molecule has 0 aliphatic rings. The smallest absolute Gasteiger partial charge is 0.230 e. The lowest BCUT2D eigenvalue weighted by atomic mass is 10.3. The maximum absolute atomic E-state index is 11.5. The normalized spacial score (nSPS) is 10.7. The molecule has 100 valence electrons. The van der Waals surface area contributed by atoms with Gasteiger partial charge in [0.05, 0.1) is 17.9 Å². The highest BCUT2D eigenvalue weighted by atomic mass is 32.2. The highest BCUT2D eigenvalue weighted by Gasteiger charge is 2.12. The van der Waals surface area contributed by atoms with E-state index in [4.69, 9.17) is 5.73 Å². The molecule has 0 spiro atoms. The third-order valence-electron chi connectivity index (χ3n) is 1.98. The van der Waals surface area contributed by atoms with Gasteiger partial charge in [0.15, 0.2) is 4.34 Å². The molecule has 0 saturated carbocycles. The van der Waals surface area contributed by atoms with Gasteiger partial charge < -0.3 is 11.1 Å². The number of hydrogen-bond acceptors (Lipinski definition) is 5. The highest BCUT2D eigenvalue weighted by Crippen LogP contribution is 2.27. The number of nitrogens with one attached hydrogen (secondary N) is 1. The average molecular weight is 287 g/mol. The second-order valence-corrected chi connectivity index (χ2v) is 6.45. The Morgan fingerprint density at radius 2 is 2.17 bits per heavy atom. The van der Waals surface area contributed by atoms with E-state index in [2.05, 4.69) is 10.3 Å². The van der Waals surface area contributed by atoms with Gasteiger partial charge in [-0.1, -0.05) is 11.8 Å². The van der Waals surface area contributed by atoms with Crippen LogP contribution in [0, 0.1) is 6.92 Å². The quantitative estimate of drug-likeness (QED) is 0.767. The molecule has 2 amide bonds. The maximum Gasteiger partial charge on any atom is 0.230 e. The summed E-state index contributed by atoms with van der Waals surface area (Å²) in [6.07, 6.45) is 0.211. The zero-order valence-electron chi connectivity index (χ0n) is 10.6. The summed E-state index contributed by atoms with van der Waals surface area (Å²) in [4.78, 5) is 27.5. The molecule has 3 N–H and O–H groups in total. The van der Waals surface area contributed by atoms with Crippen molar-refractivity contribution in [1.29, 1.82) is 0 Å². The van der Waals surface area contributed by atoms with E-state index in [1.54, 1.807) is 0 Å². The lowest BCUT2D eigenvalue weighted by molar-refractivity contribution is -0.119. The van der Waals surface area contributed by atoms with Gasteiger partial charge in [0.2, 0.25) is 11.8 Å². The molecule has 1 heterocycles. The minimum Gasteiger partial charge on any atom is -0.369 e. The van der Waals surface area contributed by atoms with Gasteiger partial charge in [-0.2, -0.15) is 0 Å². The molecular formula is C11H17N3O2S2. The molecule has 5 nitrogen and oxygen atoms in total. The van der Waals surface area contributed by atoms with Crippen LogP contribution in [0.25, 0.3) is 0 Å². The Morgan fingerprint density at radius 3 is 2.72 bits per heavy atom. The molecule has 18 heavy (non-hydrogen) atoms. The van der Waals surface area contributed by atoms with E-state index in [1.165, 1.54) is 23.1 Å². The van der Waals surface area contributed by atoms with E-state index in [9.17, 15) is 9.59 Å². The summed E-state index contributed by atoms with van der Waals surface area (Å²) in [7, 11) is 0. The van der Waals surface area contributed by atoms with Crippen LogP contribution >= 0.6 is 23.1 Å². The molecule has 1 aromatic heterocycles. The second kappa shape index (κ2) is 6.75. The molecule has 7 heteroatoms. The van der Waals surface area contributed by atoms with Gasteiger partial charge in [0.1, 0.15) is 0 Å². The fourth-order valence-corrected chi connectivity index (χ4v) is 3.33. The average Bonchev–Trinajstić information content (AvgIpc) is 2.55. The molecule has 0 fully saturated rings. The van der Waals surface area contributed by atoms with E-state index in [1.807, 2.05) is 20.8 Å². The lowest BCUT2D eigenvalue weighted by Gasteiger charge is -2.06. The standard InChI is InChI=1S/C11H17N3O2S2/c1-6(2)13-10(16)5-17-11-14-7(3)8(18-11)4-9(12)15/h6H,4-5H2,1-3H3,(H2,12,15)(H,13,16). The van der Waals surface area contributed by atoms with E-state index >= 15 is 0 Å². The van der Waals surface area contributed by atoms with Gasteiger partial charge in [-0.05, 0) is 20.8 Å². The number of carbonyl (C=O) groups is 2. The molecule has 0 atom stereocenters. The molecule has 1 aromatic rings. The summed E-state index contributed by atoms with van der Waals surface area (Å²) < 4.78 is 0.794. The minimum atomic E-state index is -0.365. The third-order valence-corrected chi connectivity index (χ3v) is 4.28. The zero-order valence-corrected chi connectivity index (χ0v) is 12.3. The van der Waals surface area contributed by atoms with Gasteiger partial charge in [-0.25, -0.2) is 4.98 Å². The van der Waals surface area contributed by atoms with Crippen LogP contribution in [-0.2, 0) is 16.0 Å². The van der Waals surface area contributed by atoms with Crippen molar-refractivity contribution in [3.8, 4) is 0 Å². The van der Waals surface area contributed by atoms with Crippen LogP contribution in [0.1, 0.15) is 24.4 Å². The molecule has 0 unspecified atom stereocenters. The zero-order chi connectivity index (χ0) is 13.7. The summed E-state index contributed by atoms with van der Waals surface area (Å²) in [5.74, 6) is -0.0450. The predicted molar refractivity (Wildman–Crippen MR) is 73.8 cm³/mol. The molecule has 0 aliphatic heterocycles. The first-order valence-corrected chi connectivity index (χ1v) is 7.35. The van der Waals surface area contributed by atoms with Crippen LogP contribution in [-0.4, -0.2) is 28.6 Å². The van der Waals surface area contributed by atoms with Crippen LogP contribution in [0.5, 0.6) is 0 Å². The van der Waals surface area contributed by atoms with Gasteiger partial charge in [0.25, 0.3) is 0 Å². The number of primary amides is 1. The van der Waals surface area contributed by atoms with Crippen molar-refractivity contribution in [3.63, 3.8) is 0 Å². The van der Waals surface area contributed by atoms with Crippen molar-refractivity contribution in [1.82, 2.24) is 10.3 Å². The Hall–Kier alpha value is -1.08. The van der Waals surface area contributed by atoms with Crippen molar-refractivity contribution in [2.24, 2.45) is 5.73 Å². The highest BCUT2D eigenvalue weighted by molar-refractivity contribution is 8.01. The third kappa shape index (κ3) is 5.05. The van der Waals surface area contributed by atoms with Crippen LogP contribution in [0.3, 0.4) is 0 Å². The largest absolute Gasteiger partial charge is 0.369 e. The topological polar surface area (TPSA) is 85.1 Å². The molecule has 0 aliphatic carbocycles. The molecule has 0 bridgehead atoms. The molecule has 0 aromatic carbocycles. The first-order chi connectivity index (χ1) is 8.38. The maximum atomic E-state index is 11.5. The fourth-order valence-electron chi connectivity index (χ4n) is 1.28. The number of thioether (sulfide) groups is 1.